The summed E-state index contributed by atoms with van der Waals surface area (Å²) in [6.45, 7) is 4.32. The van der Waals surface area contributed by atoms with Gasteiger partial charge in [-0.3, -0.25) is 4.79 Å². The molecule has 1 aromatic heterocycles. The van der Waals surface area contributed by atoms with Crippen molar-refractivity contribution in [1.29, 1.82) is 0 Å². The maximum Gasteiger partial charge on any atom is 0.303 e. The molecule has 1 unspecified atom stereocenters. The number of hydrogen-bond donors (Lipinski definition) is 2. The smallest absolute Gasteiger partial charge is 0.303 e. The van der Waals surface area contributed by atoms with E-state index in [0.29, 0.717) is 18.8 Å². The number of halogens is 1. The van der Waals surface area contributed by atoms with Crippen LogP contribution in [0.3, 0.4) is 0 Å². The number of nitrogens with one attached hydrogen (secondary N) is 1. The SMILES string of the molecule is CC(C)CCCC(NS(=O)(=O)c1ccc(Br)cc1)c1ccc(CCCC(=O)O)s1. The van der Waals surface area contributed by atoms with Gasteiger partial charge in [0.2, 0.25) is 10.0 Å². The van der Waals surface area contributed by atoms with Gasteiger partial charge in [0.25, 0.3) is 0 Å². The summed E-state index contributed by atoms with van der Waals surface area (Å²) in [6, 6.07) is 10.3. The highest BCUT2D eigenvalue weighted by molar-refractivity contribution is 9.10. The van der Waals surface area contributed by atoms with Crippen molar-refractivity contribution in [3.8, 4) is 0 Å². The van der Waals surface area contributed by atoms with Crippen molar-refractivity contribution in [3.05, 3.63) is 50.6 Å². The van der Waals surface area contributed by atoms with E-state index in [1.54, 1.807) is 35.6 Å². The normalized spacial score (nSPS) is 13.0. The van der Waals surface area contributed by atoms with Gasteiger partial charge in [0.05, 0.1) is 10.9 Å². The molecule has 1 aromatic carbocycles. The lowest BCUT2D eigenvalue weighted by molar-refractivity contribution is -0.137. The summed E-state index contributed by atoms with van der Waals surface area (Å²) in [5.74, 6) is -0.232. The zero-order valence-electron chi connectivity index (χ0n) is 16.7. The van der Waals surface area contributed by atoms with Crippen LogP contribution in [-0.2, 0) is 21.2 Å². The highest BCUT2D eigenvalue weighted by Gasteiger charge is 2.22. The third kappa shape index (κ3) is 8.20. The lowest BCUT2D eigenvalue weighted by Crippen LogP contribution is -2.28. The summed E-state index contributed by atoms with van der Waals surface area (Å²) in [7, 11) is -3.64. The Bertz CT molecular complexity index is 892. The van der Waals surface area contributed by atoms with Crippen molar-refractivity contribution in [1.82, 2.24) is 4.72 Å². The molecule has 160 valence electrons. The molecule has 1 heterocycles. The van der Waals surface area contributed by atoms with Crippen molar-refractivity contribution in [2.24, 2.45) is 5.92 Å². The summed E-state index contributed by atoms with van der Waals surface area (Å²) in [5.41, 5.74) is 0. The lowest BCUT2D eigenvalue weighted by atomic mass is 10.0. The molecule has 2 aromatic rings. The molecule has 0 amide bonds. The molecule has 0 saturated carbocycles. The molecule has 0 fully saturated rings. The van der Waals surface area contributed by atoms with E-state index in [-0.39, 0.29) is 17.4 Å². The third-order valence-electron chi connectivity index (χ3n) is 4.54. The van der Waals surface area contributed by atoms with Crippen LogP contribution >= 0.6 is 27.3 Å². The quantitative estimate of drug-likeness (QED) is 0.386. The summed E-state index contributed by atoms with van der Waals surface area (Å²) in [5, 5.41) is 8.80. The second-order valence-electron chi connectivity index (χ2n) is 7.50. The number of thiophene rings is 1. The molecule has 8 heteroatoms. The average molecular weight is 502 g/mol. The van der Waals surface area contributed by atoms with Gasteiger partial charge in [0.15, 0.2) is 0 Å². The van der Waals surface area contributed by atoms with Gasteiger partial charge in [0.1, 0.15) is 0 Å². The first-order valence-electron chi connectivity index (χ1n) is 9.75. The number of carbonyl (C=O) groups is 1. The Balaban J connectivity index is 2.15. The van der Waals surface area contributed by atoms with E-state index < -0.39 is 16.0 Å². The fourth-order valence-corrected chi connectivity index (χ4v) is 5.72. The third-order valence-corrected chi connectivity index (χ3v) is 7.81. The Morgan fingerprint density at radius 2 is 1.79 bits per heavy atom. The summed E-state index contributed by atoms with van der Waals surface area (Å²) in [6.07, 6.45) is 4.10. The van der Waals surface area contributed by atoms with Crippen LogP contribution in [0.15, 0.2) is 45.8 Å². The van der Waals surface area contributed by atoms with Crippen molar-refractivity contribution < 1.29 is 18.3 Å². The summed E-state index contributed by atoms with van der Waals surface area (Å²) >= 11 is 4.89. The van der Waals surface area contributed by atoms with Gasteiger partial charge < -0.3 is 5.11 Å². The summed E-state index contributed by atoms with van der Waals surface area (Å²) in [4.78, 5) is 13.0. The molecule has 2 rings (SSSR count). The van der Waals surface area contributed by atoms with Crippen molar-refractivity contribution in [2.75, 3.05) is 0 Å². The van der Waals surface area contributed by atoms with E-state index >= 15 is 0 Å². The largest absolute Gasteiger partial charge is 0.481 e. The molecule has 0 aliphatic carbocycles. The van der Waals surface area contributed by atoms with Crippen LogP contribution in [0.2, 0.25) is 0 Å². The molecular formula is C21H28BrNO4S2. The van der Waals surface area contributed by atoms with Crippen molar-refractivity contribution in [3.63, 3.8) is 0 Å². The maximum absolute atomic E-state index is 12.9. The molecule has 0 saturated heterocycles. The molecule has 0 radical (unpaired) electrons. The highest BCUT2D eigenvalue weighted by Crippen LogP contribution is 2.30. The standard InChI is InChI=1S/C21H28BrNO4S2/c1-15(2)5-3-7-19(20-14-11-17(28-20)6-4-8-21(24)25)23-29(26,27)18-12-9-16(22)10-13-18/h9-15,19,23H,3-8H2,1-2H3,(H,24,25). The number of carboxylic acid groups (broad SMARTS) is 1. The number of sulfonamides is 1. The summed E-state index contributed by atoms with van der Waals surface area (Å²) < 4.78 is 29.5. The highest BCUT2D eigenvalue weighted by atomic mass is 79.9. The minimum absolute atomic E-state index is 0.140. The second-order valence-corrected chi connectivity index (χ2v) is 11.3. The Morgan fingerprint density at radius 3 is 2.41 bits per heavy atom. The first kappa shape index (κ1) is 24.1. The number of rotatable bonds is 12. The number of benzene rings is 1. The van der Waals surface area contributed by atoms with E-state index in [9.17, 15) is 13.2 Å². The van der Waals surface area contributed by atoms with Crippen molar-refractivity contribution >= 4 is 43.3 Å². The molecule has 2 N–H and O–H groups in total. The van der Waals surface area contributed by atoms with Crippen LogP contribution < -0.4 is 4.72 Å². The zero-order valence-corrected chi connectivity index (χ0v) is 19.9. The van der Waals surface area contributed by atoms with Crippen LogP contribution in [0.5, 0.6) is 0 Å². The first-order valence-corrected chi connectivity index (χ1v) is 12.8. The average Bonchev–Trinajstić information content (AvgIpc) is 3.09. The van der Waals surface area contributed by atoms with E-state index in [0.717, 1.165) is 33.5 Å². The van der Waals surface area contributed by atoms with Gasteiger partial charge in [-0.25, -0.2) is 13.1 Å². The Morgan fingerprint density at radius 1 is 1.10 bits per heavy atom. The van der Waals surface area contributed by atoms with Gasteiger partial charge >= 0.3 is 5.97 Å². The van der Waals surface area contributed by atoms with Crippen molar-refractivity contribution in [2.45, 2.75) is 63.3 Å². The fourth-order valence-electron chi connectivity index (χ4n) is 2.99. The van der Waals surface area contributed by atoms with Gasteiger partial charge in [-0.05, 0) is 61.6 Å². The van der Waals surface area contributed by atoms with Crippen LogP contribution in [0.1, 0.15) is 61.7 Å². The minimum Gasteiger partial charge on any atom is -0.481 e. The van der Waals surface area contributed by atoms with Crippen LogP contribution in [0.25, 0.3) is 0 Å². The monoisotopic (exact) mass is 501 g/mol. The Labute approximate surface area is 185 Å². The molecule has 0 spiro atoms. The topological polar surface area (TPSA) is 83.5 Å². The number of aryl methyl sites for hydroxylation is 1. The van der Waals surface area contributed by atoms with Crippen LogP contribution in [0.4, 0.5) is 0 Å². The molecule has 29 heavy (non-hydrogen) atoms. The number of hydrogen-bond acceptors (Lipinski definition) is 4. The molecule has 1 atom stereocenters. The van der Waals surface area contributed by atoms with Gasteiger partial charge in [-0.15, -0.1) is 11.3 Å². The first-order chi connectivity index (χ1) is 13.7. The van der Waals surface area contributed by atoms with Gasteiger partial charge in [-0.1, -0.05) is 42.6 Å². The Kier molecular flexibility index (Phi) is 9.33. The molecular weight excluding hydrogens is 474 g/mol. The molecule has 5 nitrogen and oxygen atoms in total. The zero-order chi connectivity index (χ0) is 21.4. The maximum atomic E-state index is 12.9. The van der Waals surface area contributed by atoms with E-state index in [4.69, 9.17) is 5.11 Å². The number of aliphatic carboxylic acids is 1. The minimum atomic E-state index is -3.64. The second kappa shape index (κ2) is 11.2. The van der Waals surface area contributed by atoms with E-state index in [1.165, 1.54) is 0 Å². The fraction of sp³-hybridized carbons (Fsp3) is 0.476. The predicted molar refractivity (Wildman–Crippen MR) is 121 cm³/mol. The van der Waals surface area contributed by atoms with Gasteiger partial charge in [0, 0.05) is 20.6 Å². The van der Waals surface area contributed by atoms with Gasteiger partial charge in [-0.2, -0.15) is 0 Å². The Hall–Kier alpha value is -1.22. The molecule has 0 bridgehead atoms. The predicted octanol–water partition coefficient (Wildman–Crippen LogP) is 5.76. The molecule has 0 aliphatic rings. The molecule has 0 aliphatic heterocycles. The van der Waals surface area contributed by atoms with E-state index in [2.05, 4.69) is 34.5 Å². The van der Waals surface area contributed by atoms with E-state index in [1.807, 2.05) is 12.1 Å². The van der Waals surface area contributed by atoms with Crippen LogP contribution in [0, 0.1) is 5.92 Å². The lowest BCUT2D eigenvalue weighted by Gasteiger charge is -2.18. The number of carboxylic acids is 1. The van der Waals surface area contributed by atoms with Crippen LogP contribution in [-0.4, -0.2) is 19.5 Å².